The maximum absolute atomic E-state index is 11.8. The molecule has 30 heavy (non-hydrogen) atoms. The summed E-state index contributed by atoms with van der Waals surface area (Å²) in [4.78, 5) is 27.4. The molecule has 1 aromatic rings. The molecule has 0 aromatic heterocycles. The van der Waals surface area contributed by atoms with Crippen LogP contribution in [0.5, 0.6) is 0 Å². The highest BCUT2D eigenvalue weighted by Crippen LogP contribution is 2.33. The number of benzene rings is 1. The van der Waals surface area contributed by atoms with Gasteiger partial charge in [-0.25, -0.2) is 9.59 Å². The van der Waals surface area contributed by atoms with E-state index in [4.69, 9.17) is 9.47 Å². The van der Waals surface area contributed by atoms with Crippen LogP contribution in [0.4, 0.5) is 4.79 Å². The lowest BCUT2D eigenvalue weighted by atomic mass is 9.84. The van der Waals surface area contributed by atoms with Gasteiger partial charge in [0.05, 0.1) is 17.7 Å². The first-order chi connectivity index (χ1) is 13.6. The van der Waals surface area contributed by atoms with E-state index >= 15 is 0 Å². The van der Waals surface area contributed by atoms with Crippen molar-refractivity contribution in [3.63, 3.8) is 0 Å². The third kappa shape index (κ3) is 4.90. The molecular formula is C22H33ClN2O5. The van der Waals surface area contributed by atoms with E-state index in [0.29, 0.717) is 45.0 Å². The van der Waals surface area contributed by atoms with Crippen LogP contribution in [0, 0.1) is 12.3 Å². The van der Waals surface area contributed by atoms with Gasteiger partial charge in [0.25, 0.3) is 0 Å². The summed E-state index contributed by atoms with van der Waals surface area (Å²) >= 11 is 0. The number of carbonyl (C=O) groups excluding carboxylic acids is 1. The van der Waals surface area contributed by atoms with E-state index in [2.05, 4.69) is 25.7 Å². The number of carboxylic acid groups (broad SMARTS) is 1. The molecule has 2 atom stereocenters. The van der Waals surface area contributed by atoms with E-state index in [9.17, 15) is 14.7 Å². The summed E-state index contributed by atoms with van der Waals surface area (Å²) in [5.74, 6) is -0.263. The molecule has 1 fully saturated rings. The van der Waals surface area contributed by atoms with Crippen LogP contribution in [-0.4, -0.2) is 65.8 Å². The van der Waals surface area contributed by atoms with Crippen molar-refractivity contribution in [1.82, 2.24) is 9.80 Å². The van der Waals surface area contributed by atoms with E-state index < -0.39 is 6.09 Å². The predicted octanol–water partition coefficient (Wildman–Crippen LogP) is 3.88. The molecule has 1 aromatic carbocycles. The first-order valence-electron chi connectivity index (χ1n) is 10.3. The van der Waals surface area contributed by atoms with Crippen molar-refractivity contribution in [2.75, 3.05) is 32.8 Å². The van der Waals surface area contributed by atoms with Gasteiger partial charge in [-0.1, -0.05) is 26.8 Å². The maximum Gasteiger partial charge on any atom is 0.407 e. The molecule has 1 saturated heterocycles. The van der Waals surface area contributed by atoms with Crippen LogP contribution in [0.3, 0.4) is 0 Å². The van der Waals surface area contributed by atoms with Gasteiger partial charge in [0.2, 0.25) is 0 Å². The quantitative estimate of drug-likeness (QED) is 0.700. The lowest BCUT2D eigenvalue weighted by Crippen LogP contribution is -2.59. The Balaban J connectivity index is 0.00000320. The minimum Gasteiger partial charge on any atom is -0.465 e. The smallest absolute Gasteiger partial charge is 0.407 e. The number of hydrogen-bond acceptors (Lipinski definition) is 5. The van der Waals surface area contributed by atoms with Crippen LogP contribution in [0.2, 0.25) is 0 Å². The fourth-order valence-electron chi connectivity index (χ4n) is 4.37. The standard InChI is InChI=1S/C22H32N2O5.ClH/c1-6-28-18(15-7-8-16-17(14(15)2)13-29-20(16)25)11-23-9-10-24(21(26)27)19(12-23)22(3,4)5;/h7-8,18-19H,6,9-13H2,1-5H3,(H,26,27);1H. The maximum atomic E-state index is 11.8. The normalized spacial score (nSPS) is 20.4. The fraction of sp³-hybridized carbons (Fsp3) is 0.636. The Kier molecular flexibility index (Phi) is 7.77. The van der Waals surface area contributed by atoms with Gasteiger partial charge in [-0.3, -0.25) is 4.90 Å². The average Bonchev–Trinajstić information content (AvgIpc) is 3.03. The third-order valence-electron chi connectivity index (χ3n) is 6.06. The van der Waals surface area contributed by atoms with Gasteiger partial charge in [-0.05, 0) is 36.5 Å². The summed E-state index contributed by atoms with van der Waals surface area (Å²) in [6, 6.07) is 3.72. The van der Waals surface area contributed by atoms with Gasteiger partial charge < -0.3 is 19.5 Å². The SMILES string of the molecule is CCOC(CN1CCN(C(=O)O)C(C(C)(C)C)C1)c1ccc2c(c1C)COC2=O.Cl. The van der Waals surface area contributed by atoms with Gasteiger partial charge in [0.1, 0.15) is 6.61 Å². The lowest BCUT2D eigenvalue weighted by molar-refractivity contribution is -0.0139. The Morgan fingerprint density at radius 2 is 2.03 bits per heavy atom. The minimum atomic E-state index is -0.856. The van der Waals surface area contributed by atoms with E-state index in [0.717, 1.165) is 16.7 Å². The first-order valence-corrected chi connectivity index (χ1v) is 10.3. The molecule has 8 heteroatoms. The third-order valence-corrected chi connectivity index (χ3v) is 6.06. The molecule has 3 rings (SSSR count). The van der Waals surface area contributed by atoms with Crippen molar-refractivity contribution in [3.05, 3.63) is 34.4 Å². The van der Waals surface area contributed by atoms with Gasteiger partial charge in [-0.15, -0.1) is 12.4 Å². The number of halogens is 1. The van der Waals surface area contributed by atoms with Gasteiger partial charge in [0.15, 0.2) is 0 Å². The highest BCUT2D eigenvalue weighted by atomic mass is 35.5. The molecule has 2 aliphatic heterocycles. The number of fused-ring (bicyclic) bond motifs is 1. The average molecular weight is 441 g/mol. The zero-order valence-corrected chi connectivity index (χ0v) is 19.3. The number of nitrogens with zero attached hydrogens (tertiary/aromatic N) is 2. The molecule has 168 valence electrons. The molecule has 2 heterocycles. The minimum absolute atomic E-state index is 0. The summed E-state index contributed by atoms with van der Waals surface area (Å²) in [6.07, 6.45) is -0.997. The zero-order valence-electron chi connectivity index (χ0n) is 18.4. The Bertz CT molecular complexity index is 792. The summed E-state index contributed by atoms with van der Waals surface area (Å²) in [6.45, 7) is 13.6. The van der Waals surface area contributed by atoms with Crippen LogP contribution in [-0.2, 0) is 16.1 Å². The van der Waals surface area contributed by atoms with Crippen LogP contribution in [0.1, 0.15) is 60.8 Å². The second kappa shape index (κ2) is 9.54. The molecule has 1 amide bonds. The number of esters is 1. The lowest BCUT2D eigenvalue weighted by Gasteiger charge is -2.46. The number of piperazine rings is 1. The first kappa shape index (κ1) is 24.4. The van der Waals surface area contributed by atoms with Crippen molar-refractivity contribution in [2.24, 2.45) is 5.41 Å². The van der Waals surface area contributed by atoms with Crippen LogP contribution >= 0.6 is 12.4 Å². The molecule has 0 spiro atoms. The number of carbonyl (C=O) groups is 2. The molecule has 0 aliphatic carbocycles. The highest BCUT2D eigenvalue weighted by molar-refractivity contribution is 5.93. The summed E-state index contributed by atoms with van der Waals surface area (Å²) in [7, 11) is 0. The van der Waals surface area contributed by atoms with E-state index in [-0.39, 0.29) is 35.9 Å². The number of rotatable bonds is 5. The molecule has 0 bridgehead atoms. The van der Waals surface area contributed by atoms with E-state index in [1.165, 1.54) is 0 Å². The molecule has 7 nitrogen and oxygen atoms in total. The van der Waals surface area contributed by atoms with Crippen molar-refractivity contribution in [3.8, 4) is 0 Å². The summed E-state index contributed by atoms with van der Waals surface area (Å²) < 4.78 is 11.3. The summed E-state index contributed by atoms with van der Waals surface area (Å²) in [5, 5.41) is 9.59. The second-order valence-corrected chi connectivity index (χ2v) is 8.94. The largest absolute Gasteiger partial charge is 0.465 e. The topological polar surface area (TPSA) is 79.3 Å². The van der Waals surface area contributed by atoms with Gasteiger partial charge in [0, 0.05) is 38.3 Å². The Labute approximate surface area is 184 Å². The number of amides is 1. The Hall–Kier alpha value is -1.83. The molecule has 2 aliphatic rings. The Morgan fingerprint density at radius 1 is 1.33 bits per heavy atom. The highest BCUT2D eigenvalue weighted by Gasteiger charge is 2.38. The fourth-order valence-corrected chi connectivity index (χ4v) is 4.37. The monoisotopic (exact) mass is 440 g/mol. The van der Waals surface area contributed by atoms with Crippen molar-refractivity contribution >= 4 is 24.5 Å². The molecule has 1 N–H and O–H groups in total. The zero-order chi connectivity index (χ0) is 21.3. The summed E-state index contributed by atoms with van der Waals surface area (Å²) in [5.41, 5.74) is 3.55. The molecule has 0 saturated carbocycles. The second-order valence-electron chi connectivity index (χ2n) is 8.94. The van der Waals surface area contributed by atoms with Crippen LogP contribution < -0.4 is 0 Å². The van der Waals surface area contributed by atoms with E-state index in [1.807, 2.05) is 26.0 Å². The predicted molar refractivity (Wildman–Crippen MR) is 116 cm³/mol. The van der Waals surface area contributed by atoms with Gasteiger partial charge >= 0.3 is 12.1 Å². The van der Waals surface area contributed by atoms with Crippen molar-refractivity contribution in [2.45, 2.75) is 53.4 Å². The van der Waals surface area contributed by atoms with E-state index in [1.54, 1.807) is 4.90 Å². The molecular weight excluding hydrogens is 408 g/mol. The van der Waals surface area contributed by atoms with Crippen molar-refractivity contribution in [1.29, 1.82) is 0 Å². The number of ether oxygens (including phenoxy) is 2. The molecule has 0 radical (unpaired) electrons. The van der Waals surface area contributed by atoms with Crippen LogP contribution in [0.25, 0.3) is 0 Å². The van der Waals surface area contributed by atoms with Gasteiger partial charge in [-0.2, -0.15) is 0 Å². The number of hydrogen-bond donors (Lipinski definition) is 1. The Morgan fingerprint density at radius 3 is 2.63 bits per heavy atom. The van der Waals surface area contributed by atoms with Crippen molar-refractivity contribution < 1.29 is 24.2 Å². The molecule has 2 unspecified atom stereocenters. The number of cyclic esters (lactones) is 1. The van der Waals surface area contributed by atoms with Crippen LogP contribution in [0.15, 0.2) is 12.1 Å².